The van der Waals surface area contributed by atoms with E-state index in [1.54, 1.807) is 0 Å². The Hall–Kier alpha value is -1.25. The van der Waals surface area contributed by atoms with Crippen molar-refractivity contribution in [3.63, 3.8) is 0 Å². The van der Waals surface area contributed by atoms with E-state index in [9.17, 15) is 4.79 Å². The van der Waals surface area contributed by atoms with Crippen LogP contribution in [-0.2, 0) is 0 Å². The Kier molecular flexibility index (Phi) is 3.55. The number of carboxylic acids is 1. The Bertz CT molecular complexity index is 412. The van der Waals surface area contributed by atoms with E-state index in [4.69, 9.17) is 5.11 Å². The predicted molar refractivity (Wildman–Crippen MR) is 67.6 cm³/mol. The lowest BCUT2D eigenvalue weighted by Gasteiger charge is -2.21. The van der Waals surface area contributed by atoms with Gasteiger partial charge in [-0.05, 0) is 32.8 Å². The number of aryl methyl sites for hydroxylation is 1. The van der Waals surface area contributed by atoms with E-state index >= 15 is 0 Å². The molecule has 3 heteroatoms. The minimum Gasteiger partial charge on any atom is -0.478 e. The first-order valence-corrected chi connectivity index (χ1v) is 6.53. The topological polar surface area (TPSA) is 42.2 Å². The van der Waals surface area contributed by atoms with Crippen LogP contribution >= 0.6 is 0 Å². The fourth-order valence-electron chi connectivity index (χ4n) is 3.07. The van der Waals surface area contributed by atoms with Crippen molar-refractivity contribution in [2.75, 3.05) is 0 Å². The van der Waals surface area contributed by atoms with Gasteiger partial charge < -0.3 is 9.67 Å². The van der Waals surface area contributed by atoms with Crippen molar-refractivity contribution in [3.8, 4) is 0 Å². The highest BCUT2D eigenvalue weighted by molar-refractivity contribution is 5.89. The van der Waals surface area contributed by atoms with Crippen molar-refractivity contribution in [2.24, 2.45) is 0 Å². The quantitative estimate of drug-likeness (QED) is 0.794. The van der Waals surface area contributed by atoms with Gasteiger partial charge in [-0.2, -0.15) is 0 Å². The maximum atomic E-state index is 11.1. The summed E-state index contributed by atoms with van der Waals surface area (Å²) >= 11 is 0. The summed E-state index contributed by atoms with van der Waals surface area (Å²) in [7, 11) is 0. The van der Waals surface area contributed by atoms with Crippen LogP contribution in [0.1, 0.15) is 66.3 Å². The molecule has 1 saturated carbocycles. The molecule has 1 heterocycles. The van der Waals surface area contributed by atoms with Gasteiger partial charge in [0.05, 0.1) is 5.56 Å². The zero-order valence-corrected chi connectivity index (χ0v) is 10.7. The van der Waals surface area contributed by atoms with Crippen molar-refractivity contribution < 1.29 is 9.90 Å². The van der Waals surface area contributed by atoms with E-state index < -0.39 is 5.97 Å². The summed E-state index contributed by atoms with van der Waals surface area (Å²) in [5.74, 6) is -0.807. The molecule has 0 atom stereocenters. The number of aromatic nitrogens is 1. The number of hydrogen-bond acceptors (Lipinski definition) is 1. The van der Waals surface area contributed by atoms with Crippen LogP contribution in [-0.4, -0.2) is 15.6 Å². The van der Waals surface area contributed by atoms with Gasteiger partial charge in [-0.15, -0.1) is 0 Å². The molecule has 2 rings (SSSR count). The number of carbonyl (C=O) groups is 1. The Morgan fingerprint density at radius 1 is 1.24 bits per heavy atom. The first-order valence-electron chi connectivity index (χ1n) is 6.53. The average Bonchev–Trinajstić information content (AvgIpc) is 2.49. The lowest BCUT2D eigenvalue weighted by Crippen LogP contribution is -2.12. The molecule has 1 fully saturated rings. The molecule has 0 amide bonds. The summed E-state index contributed by atoms with van der Waals surface area (Å²) in [4.78, 5) is 11.1. The molecule has 1 N–H and O–H groups in total. The predicted octanol–water partition coefficient (Wildman–Crippen LogP) is 3.70. The molecule has 0 bridgehead atoms. The lowest BCUT2D eigenvalue weighted by molar-refractivity contribution is 0.0696. The van der Waals surface area contributed by atoms with E-state index in [2.05, 4.69) is 4.57 Å². The fourth-order valence-corrected chi connectivity index (χ4v) is 3.07. The van der Waals surface area contributed by atoms with Crippen LogP contribution in [0.4, 0.5) is 0 Å². The molecule has 1 aromatic rings. The van der Waals surface area contributed by atoms with Gasteiger partial charge >= 0.3 is 5.97 Å². The largest absolute Gasteiger partial charge is 0.478 e. The van der Waals surface area contributed by atoms with Gasteiger partial charge in [-0.25, -0.2) is 4.79 Å². The van der Waals surface area contributed by atoms with Crippen LogP contribution in [0, 0.1) is 13.8 Å². The number of nitrogens with zero attached hydrogens (tertiary/aromatic N) is 1. The van der Waals surface area contributed by atoms with Crippen LogP contribution in [0.15, 0.2) is 6.07 Å². The summed E-state index contributed by atoms with van der Waals surface area (Å²) in [5, 5.41) is 9.14. The van der Waals surface area contributed by atoms with Gasteiger partial charge in [0.1, 0.15) is 0 Å². The minimum absolute atomic E-state index is 0.465. The molecule has 0 saturated heterocycles. The number of hydrogen-bond donors (Lipinski definition) is 1. The molecule has 1 aliphatic rings. The molecular weight excluding hydrogens is 214 g/mol. The Balaban J connectivity index is 2.33. The van der Waals surface area contributed by atoms with Crippen LogP contribution in [0.3, 0.4) is 0 Å². The van der Waals surface area contributed by atoms with E-state index in [1.807, 2.05) is 19.9 Å². The highest BCUT2D eigenvalue weighted by Gasteiger charge is 2.21. The first kappa shape index (κ1) is 12.2. The number of rotatable bonds is 2. The molecule has 0 spiro atoms. The van der Waals surface area contributed by atoms with Gasteiger partial charge in [-0.1, -0.05) is 25.7 Å². The third-order valence-corrected chi connectivity index (χ3v) is 3.90. The summed E-state index contributed by atoms with van der Waals surface area (Å²) in [6, 6.07) is 2.31. The highest BCUT2D eigenvalue weighted by Crippen LogP contribution is 2.31. The Morgan fingerprint density at radius 2 is 1.82 bits per heavy atom. The molecule has 3 nitrogen and oxygen atoms in total. The maximum Gasteiger partial charge on any atom is 0.337 e. The third kappa shape index (κ3) is 2.38. The molecule has 94 valence electrons. The van der Waals surface area contributed by atoms with Crippen molar-refractivity contribution in [1.29, 1.82) is 0 Å². The zero-order chi connectivity index (χ0) is 12.4. The Labute approximate surface area is 102 Å². The fraction of sp³-hybridized carbons (Fsp3) is 0.643. The van der Waals surface area contributed by atoms with E-state index in [1.165, 1.54) is 38.5 Å². The van der Waals surface area contributed by atoms with Crippen LogP contribution in [0.25, 0.3) is 0 Å². The molecule has 17 heavy (non-hydrogen) atoms. The highest BCUT2D eigenvalue weighted by atomic mass is 16.4. The monoisotopic (exact) mass is 235 g/mol. The zero-order valence-electron chi connectivity index (χ0n) is 10.7. The standard InChI is InChI=1S/C14H21NO2/c1-10-9-13(14(16)17)11(2)15(10)12-7-5-3-4-6-8-12/h9,12H,3-8H2,1-2H3,(H,16,17). The SMILES string of the molecule is Cc1cc(C(=O)O)c(C)n1C1CCCCCC1. The first-order chi connectivity index (χ1) is 8.11. The molecule has 1 aliphatic carbocycles. The molecule has 0 aromatic carbocycles. The van der Waals surface area contributed by atoms with Crippen molar-refractivity contribution in [3.05, 3.63) is 23.0 Å². The molecule has 1 aromatic heterocycles. The van der Waals surface area contributed by atoms with Crippen molar-refractivity contribution in [1.82, 2.24) is 4.57 Å². The second-order valence-electron chi connectivity index (χ2n) is 5.11. The van der Waals surface area contributed by atoms with Gasteiger partial charge in [0.15, 0.2) is 0 Å². The number of aromatic carboxylic acids is 1. The van der Waals surface area contributed by atoms with Gasteiger partial charge in [0.25, 0.3) is 0 Å². The second kappa shape index (κ2) is 4.94. The van der Waals surface area contributed by atoms with Crippen molar-refractivity contribution in [2.45, 2.75) is 58.4 Å². The normalized spacial score (nSPS) is 18.0. The molecule has 0 radical (unpaired) electrons. The summed E-state index contributed by atoms with van der Waals surface area (Å²) in [5.41, 5.74) is 2.47. The molecule has 0 aliphatic heterocycles. The van der Waals surface area contributed by atoms with Gasteiger partial charge in [0.2, 0.25) is 0 Å². The summed E-state index contributed by atoms with van der Waals surface area (Å²) in [6.45, 7) is 3.95. The van der Waals surface area contributed by atoms with E-state index in [-0.39, 0.29) is 0 Å². The minimum atomic E-state index is -0.807. The van der Waals surface area contributed by atoms with Crippen LogP contribution in [0.2, 0.25) is 0 Å². The maximum absolute atomic E-state index is 11.1. The van der Waals surface area contributed by atoms with Crippen LogP contribution in [0.5, 0.6) is 0 Å². The Morgan fingerprint density at radius 3 is 2.29 bits per heavy atom. The smallest absolute Gasteiger partial charge is 0.337 e. The second-order valence-corrected chi connectivity index (χ2v) is 5.11. The average molecular weight is 235 g/mol. The van der Waals surface area contributed by atoms with E-state index in [0.29, 0.717) is 11.6 Å². The summed E-state index contributed by atoms with van der Waals surface area (Å²) in [6.07, 6.45) is 7.56. The van der Waals surface area contributed by atoms with E-state index in [0.717, 1.165) is 11.4 Å². The molecule has 0 unspecified atom stereocenters. The third-order valence-electron chi connectivity index (χ3n) is 3.90. The van der Waals surface area contributed by atoms with Crippen LogP contribution < -0.4 is 0 Å². The van der Waals surface area contributed by atoms with Gasteiger partial charge in [0, 0.05) is 17.4 Å². The van der Waals surface area contributed by atoms with Gasteiger partial charge in [-0.3, -0.25) is 0 Å². The summed E-state index contributed by atoms with van der Waals surface area (Å²) < 4.78 is 2.24. The lowest BCUT2D eigenvalue weighted by atomic mass is 10.1. The molecular formula is C14H21NO2. The van der Waals surface area contributed by atoms with Crippen molar-refractivity contribution >= 4 is 5.97 Å². The number of carboxylic acid groups (broad SMARTS) is 1.